The van der Waals surface area contributed by atoms with Crippen LogP contribution in [0.15, 0.2) is 12.2 Å². The highest BCUT2D eigenvalue weighted by Gasteiger charge is 2.63. The van der Waals surface area contributed by atoms with Crippen molar-refractivity contribution in [2.75, 3.05) is 12.3 Å². The van der Waals surface area contributed by atoms with Gasteiger partial charge in [-0.2, -0.15) is 8.42 Å². The van der Waals surface area contributed by atoms with Crippen molar-refractivity contribution in [2.45, 2.75) is 175 Å². The van der Waals surface area contributed by atoms with E-state index in [0.29, 0.717) is 48.9 Å². The quantitative estimate of drug-likeness (QED) is 0.0496. The van der Waals surface area contributed by atoms with Crippen molar-refractivity contribution < 1.29 is 32.4 Å². The molecule has 50 heavy (non-hydrogen) atoms. The lowest BCUT2D eigenvalue weighted by Crippen LogP contribution is -2.59. The second-order valence-electron chi connectivity index (χ2n) is 17.3. The Bertz CT molecular complexity index is 1220. The molecule has 0 aromatic carbocycles. The van der Waals surface area contributed by atoms with Gasteiger partial charge in [-0.15, -0.1) is 0 Å². The summed E-state index contributed by atoms with van der Waals surface area (Å²) in [6.07, 6.45) is 26.2. The Morgan fingerprint density at radius 3 is 2.32 bits per heavy atom. The Hall–Kier alpha value is -1.45. The van der Waals surface area contributed by atoms with E-state index in [-0.39, 0.29) is 47.4 Å². The standard InChI is InChI=1S/C41H71NO7S/c1-5-6-7-8-9-10-11-12-13-14-15-16-17-39(45)49-32-24-25-40(3)31(28-32)19-20-33-35-22-21-34(41(35,4)37(43)29-36(33)40)30(2)18-23-38(44)42-26-27-50(46,47)48/h9-10,30-37,43H,5-8,11-29H2,1-4H3,(H,42,44)(H,46,47,48)/b10-9-. The molecule has 0 aromatic rings. The van der Waals surface area contributed by atoms with E-state index >= 15 is 0 Å². The van der Waals surface area contributed by atoms with Gasteiger partial charge in [0.2, 0.25) is 5.91 Å². The number of aliphatic hydroxyl groups excluding tert-OH is 1. The molecule has 0 saturated heterocycles. The van der Waals surface area contributed by atoms with Crippen LogP contribution in [0.4, 0.5) is 0 Å². The van der Waals surface area contributed by atoms with Crippen LogP contribution < -0.4 is 5.32 Å². The number of rotatable bonds is 20. The van der Waals surface area contributed by atoms with Crippen molar-refractivity contribution in [1.82, 2.24) is 5.32 Å². The molecule has 4 aliphatic carbocycles. The minimum Gasteiger partial charge on any atom is -0.462 e. The first kappa shape index (κ1) is 41.3. The molecule has 0 bridgehead atoms. The number of aliphatic hydroxyl groups is 1. The number of hydrogen-bond acceptors (Lipinski definition) is 6. The van der Waals surface area contributed by atoms with Crippen molar-refractivity contribution in [2.24, 2.45) is 46.3 Å². The summed E-state index contributed by atoms with van der Waals surface area (Å²) in [4.78, 5) is 25.2. The summed E-state index contributed by atoms with van der Waals surface area (Å²) in [6, 6.07) is 0. The molecule has 0 radical (unpaired) electrons. The molecule has 0 heterocycles. The largest absolute Gasteiger partial charge is 0.462 e. The van der Waals surface area contributed by atoms with Crippen molar-refractivity contribution in [3.8, 4) is 0 Å². The van der Waals surface area contributed by atoms with Gasteiger partial charge in [-0.25, -0.2) is 0 Å². The van der Waals surface area contributed by atoms with E-state index < -0.39 is 15.9 Å². The van der Waals surface area contributed by atoms with Crippen molar-refractivity contribution in [3.63, 3.8) is 0 Å². The van der Waals surface area contributed by atoms with E-state index in [1.165, 1.54) is 64.2 Å². The maximum Gasteiger partial charge on any atom is 0.306 e. The van der Waals surface area contributed by atoms with Crippen LogP contribution in [0.25, 0.3) is 0 Å². The third-order valence-electron chi connectivity index (χ3n) is 14.2. The zero-order valence-corrected chi connectivity index (χ0v) is 32.7. The first-order valence-corrected chi connectivity index (χ1v) is 22.1. The highest BCUT2D eigenvalue weighted by atomic mass is 32.2. The van der Waals surface area contributed by atoms with Crippen LogP contribution in [0.1, 0.15) is 163 Å². The molecule has 8 nitrogen and oxygen atoms in total. The molecular formula is C41H71NO7S. The SMILES string of the molecule is CCCCC/C=C\CCCCCCCC(=O)OC1CCC2(C)C(CCC3C2CC(O)C2(C)C(C(C)CCC(=O)NCCS(=O)(=O)O)CCC32)C1. The average molecular weight is 722 g/mol. The highest BCUT2D eigenvalue weighted by Crippen LogP contribution is 2.68. The average Bonchev–Trinajstić information content (AvgIpc) is 3.43. The first-order chi connectivity index (χ1) is 23.8. The Balaban J connectivity index is 1.19. The maximum absolute atomic E-state index is 12.8. The van der Waals surface area contributed by atoms with Gasteiger partial charge in [0.05, 0.1) is 11.9 Å². The van der Waals surface area contributed by atoms with Gasteiger partial charge in [0, 0.05) is 19.4 Å². The summed E-state index contributed by atoms with van der Waals surface area (Å²) < 4.78 is 36.9. The third-order valence-corrected chi connectivity index (χ3v) is 14.9. The van der Waals surface area contributed by atoms with Gasteiger partial charge < -0.3 is 15.2 Å². The molecule has 0 aromatic heterocycles. The molecule has 9 heteroatoms. The van der Waals surface area contributed by atoms with E-state index in [4.69, 9.17) is 9.29 Å². The third kappa shape index (κ3) is 10.8. The lowest BCUT2D eigenvalue weighted by molar-refractivity contribution is -0.181. The zero-order valence-electron chi connectivity index (χ0n) is 31.9. The van der Waals surface area contributed by atoms with E-state index in [0.717, 1.165) is 51.4 Å². The number of esters is 1. The number of unbranched alkanes of at least 4 members (excludes halogenated alkanes) is 8. The second kappa shape index (κ2) is 19.0. The number of carbonyl (C=O) groups excluding carboxylic acids is 2. The van der Waals surface area contributed by atoms with Gasteiger partial charge in [-0.3, -0.25) is 14.1 Å². The molecule has 4 saturated carbocycles. The van der Waals surface area contributed by atoms with Crippen molar-refractivity contribution in [3.05, 3.63) is 12.2 Å². The topological polar surface area (TPSA) is 130 Å². The van der Waals surface area contributed by atoms with Gasteiger partial charge in [-0.1, -0.05) is 72.0 Å². The predicted molar refractivity (Wildman–Crippen MR) is 200 cm³/mol. The lowest BCUT2D eigenvalue weighted by atomic mass is 9.43. The number of amides is 1. The molecule has 4 fully saturated rings. The summed E-state index contributed by atoms with van der Waals surface area (Å²) in [6.45, 7) is 9.15. The number of carbonyl (C=O) groups is 2. The normalized spacial score (nSPS) is 34.5. The van der Waals surface area contributed by atoms with Crippen molar-refractivity contribution in [1.29, 1.82) is 0 Å². The lowest BCUT2D eigenvalue weighted by Gasteiger charge is -2.62. The van der Waals surface area contributed by atoms with Crippen molar-refractivity contribution >= 4 is 22.0 Å². The first-order valence-electron chi connectivity index (χ1n) is 20.5. The number of nitrogens with one attached hydrogen (secondary N) is 1. The van der Waals surface area contributed by atoms with Crippen LogP contribution in [0, 0.1) is 46.3 Å². The van der Waals surface area contributed by atoms with Gasteiger partial charge in [-0.05, 0) is 136 Å². The van der Waals surface area contributed by atoms with E-state index in [2.05, 4.69) is 45.2 Å². The number of hydrogen-bond donors (Lipinski definition) is 3. The minimum absolute atomic E-state index is 0.0205. The maximum atomic E-state index is 12.8. The molecule has 3 N–H and O–H groups in total. The summed E-state index contributed by atoms with van der Waals surface area (Å²) in [7, 11) is -4.10. The molecule has 0 aliphatic heterocycles. The molecule has 4 aliphatic rings. The van der Waals surface area contributed by atoms with Crippen LogP contribution in [0.5, 0.6) is 0 Å². The monoisotopic (exact) mass is 721 g/mol. The smallest absolute Gasteiger partial charge is 0.306 e. The van der Waals surface area contributed by atoms with Crippen LogP contribution in [-0.2, 0) is 24.4 Å². The van der Waals surface area contributed by atoms with Crippen LogP contribution >= 0.6 is 0 Å². The minimum atomic E-state index is -4.10. The zero-order chi connectivity index (χ0) is 36.4. The number of ether oxygens (including phenoxy) is 1. The number of fused-ring (bicyclic) bond motifs is 5. The van der Waals surface area contributed by atoms with E-state index in [1.807, 2.05) is 0 Å². The van der Waals surface area contributed by atoms with E-state index in [1.54, 1.807) is 0 Å². The molecule has 10 unspecified atom stereocenters. The Morgan fingerprint density at radius 2 is 1.60 bits per heavy atom. The molecule has 0 spiro atoms. The summed E-state index contributed by atoms with van der Waals surface area (Å²) in [5.74, 6) is 2.03. The molecule has 4 rings (SSSR count). The molecular weight excluding hydrogens is 651 g/mol. The summed E-state index contributed by atoms with van der Waals surface area (Å²) in [5.41, 5.74) is 0.00552. The number of allylic oxidation sites excluding steroid dienone is 2. The fraction of sp³-hybridized carbons (Fsp3) is 0.902. The second-order valence-corrected chi connectivity index (χ2v) is 18.8. The summed E-state index contributed by atoms with van der Waals surface area (Å²) >= 11 is 0. The van der Waals surface area contributed by atoms with Gasteiger partial charge in [0.1, 0.15) is 6.10 Å². The summed E-state index contributed by atoms with van der Waals surface area (Å²) in [5, 5.41) is 14.5. The van der Waals surface area contributed by atoms with Gasteiger partial charge in [0.15, 0.2) is 0 Å². The Labute approximate surface area is 304 Å². The molecule has 10 atom stereocenters. The van der Waals surface area contributed by atoms with Gasteiger partial charge in [0.25, 0.3) is 10.1 Å². The fourth-order valence-electron chi connectivity index (χ4n) is 11.3. The predicted octanol–water partition coefficient (Wildman–Crippen LogP) is 8.82. The highest BCUT2D eigenvalue weighted by molar-refractivity contribution is 7.85. The van der Waals surface area contributed by atoms with Crippen LogP contribution in [0.2, 0.25) is 0 Å². The van der Waals surface area contributed by atoms with Gasteiger partial charge >= 0.3 is 5.97 Å². The fourth-order valence-corrected chi connectivity index (χ4v) is 11.6. The Kier molecular flexibility index (Phi) is 15.7. The molecule has 1 amide bonds. The van der Waals surface area contributed by atoms with Crippen LogP contribution in [-0.4, -0.2) is 54.5 Å². The van der Waals surface area contributed by atoms with E-state index in [9.17, 15) is 23.1 Å². The van der Waals surface area contributed by atoms with Crippen LogP contribution in [0.3, 0.4) is 0 Å². The molecule has 288 valence electrons. The Morgan fingerprint density at radius 1 is 0.900 bits per heavy atom.